The lowest BCUT2D eigenvalue weighted by atomic mass is 9.72. The molecule has 0 aromatic carbocycles. The van der Waals surface area contributed by atoms with Gasteiger partial charge in [0.05, 0.1) is 6.04 Å². The van der Waals surface area contributed by atoms with Crippen LogP contribution in [0.15, 0.2) is 0 Å². The van der Waals surface area contributed by atoms with Crippen LogP contribution in [0.25, 0.3) is 0 Å². The van der Waals surface area contributed by atoms with E-state index >= 15 is 0 Å². The fourth-order valence-corrected chi connectivity index (χ4v) is 4.79. The maximum Gasteiger partial charge on any atom is 0.326 e. The number of rotatable bonds is 6. The van der Waals surface area contributed by atoms with Crippen LogP contribution in [-0.4, -0.2) is 48.1 Å². The number of aliphatic carboxylic acids is 1. The van der Waals surface area contributed by atoms with Crippen LogP contribution in [0.5, 0.6) is 0 Å². The highest BCUT2D eigenvalue weighted by atomic mass is 16.4. The van der Waals surface area contributed by atoms with E-state index in [0.717, 1.165) is 38.6 Å². The van der Waals surface area contributed by atoms with Gasteiger partial charge in [0, 0.05) is 19.0 Å². The van der Waals surface area contributed by atoms with Crippen molar-refractivity contribution in [2.75, 3.05) is 13.1 Å². The molecule has 1 unspecified atom stereocenters. The lowest BCUT2D eigenvalue weighted by Gasteiger charge is -2.32. The highest BCUT2D eigenvalue weighted by Crippen LogP contribution is 2.42. The van der Waals surface area contributed by atoms with Gasteiger partial charge in [-0.1, -0.05) is 19.3 Å². The number of nitrogens with one attached hydrogen (secondary N) is 3. The van der Waals surface area contributed by atoms with Crippen molar-refractivity contribution in [2.45, 2.75) is 76.3 Å². The topological polar surface area (TPSA) is 108 Å². The Kier molecular flexibility index (Phi) is 6.16. The van der Waals surface area contributed by atoms with Gasteiger partial charge in [0.15, 0.2) is 0 Å². The number of hydrogen-bond acceptors (Lipinski definition) is 4. The Hall–Kier alpha value is -1.63. The van der Waals surface area contributed by atoms with Crippen LogP contribution in [0.1, 0.15) is 64.2 Å². The van der Waals surface area contributed by atoms with Gasteiger partial charge in [-0.15, -0.1) is 0 Å². The summed E-state index contributed by atoms with van der Waals surface area (Å²) in [6, 6.07) is -1.23. The Labute approximate surface area is 154 Å². The molecule has 0 radical (unpaired) electrons. The molecule has 2 saturated heterocycles. The van der Waals surface area contributed by atoms with Crippen molar-refractivity contribution >= 4 is 17.8 Å². The molecule has 3 rings (SSSR count). The molecule has 0 bridgehead atoms. The van der Waals surface area contributed by atoms with Gasteiger partial charge >= 0.3 is 5.97 Å². The van der Waals surface area contributed by atoms with Crippen molar-refractivity contribution in [1.29, 1.82) is 0 Å². The summed E-state index contributed by atoms with van der Waals surface area (Å²) in [6.45, 7) is 1.55. The Morgan fingerprint density at radius 3 is 2.69 bits per heavy atom. The first-order chi connectivity index (χ1) is 12.5. The normalized spacial score (nSPS) is 29.2. The molecule has 3 fully saturated rings. The fraction of sp³-hybridized carbons (Fsp3) is 0.842. The average molecular weight is 365 g/mol. The summed E-state index contributed by atoms with van der Waals surface area (Å²) in [4.78, 5) is 36.0. The van der Waals surface area contributed by atoms with Crippen LogP contribution < -0.4 is 16.0 Å². The Morgan fingerprint density at radius 2 is 2.00 bits per heavy atom. The number of hydrogen-bond donors (Lipinski definition) is 4. The number of carboxylic acid groups (broad SMARTS) is 1. The summed E-state index contributed by atoms with van der Waals surface area (Å²) < 4.78 is 0. The van der Waals surface area contributed by atoms with Gasteiger partial charge in [0.25, 0.3) is 0 Å². The molecular weight excluding hydrogens is 334 g/mol. The molecule has 7 nitrogen and oxygen atoms in total. The highest BCUT2D eigenvalue weighted by Gasteiger charge is 2.42. The van der Waals surface area contributed by atoms with Gasteiger partial charge in [0.1, 0.15) is 6.04 Å². The molecule has 2 amide bonds. The SMILES string of the molecule is O=C(N[C@@H](CC[C@@H]1CCCNC1=O)C(=O)O)C1CC2(CCCCC2)CN1. The van der Waals surface area contributed by atoms with E-state index in [0.29, 0.717) is 13.0 Å². The Bertz CT molecular complexity index is 545. The predicted molar refractivity (Wildman–Crippen MR) is 96.5 cm³/mol. The van der Waals surface area contributed by atoms with Crippen molar-refractivity contribution in [3.8, 4) is 0 Å². The molecule has 26 heavy (non-hydrogen) atoms. The third-order valence-corrected chi connectivity index (χ3v) is 6.41. The van der Waals surface area contributed by atoms with E-state index < -0.39 is 12.0 Å². The second-order valence-corrected chi connectivity index (χ2v) is 8.31. The number of piperidine rings is 1. The van der Waals surface area contributed by atoms with Crippen LogP contribution in [0.3, 0.4) is 0 Å². The first-order valence-corrected chi connectivity index (χ1v) is 10.0. The fourth-order valence-electron chi connectivity index (χ4n) is 4.79. The smallest absolute Gasteiger partial charge is 0.326 e. The maximum absolute atomic E-state index is 12.6. The first-order valence-electron chi connectivity index (χ1n) is 10.0. The Morgan fingerprint density at radius 1 is 1.23 bits per heavy atom. The third-order valence-electron chi connectivity index (χ3n) is 6.41. The van der Waals surface area contributed by atoms with Crippen molar-refractivity contribution in [3.63, 3.8) is 0 Å². The van der Waals surface area contributed by atoms with Gasteiger partial charge in [-0.2, -0.15) is 0 Å². The third kappa shape index (κ3) is 4.55. The lowest BCUT2D eigenvalue weighted by Crippen LogP contribution is -2.48. The van der Waals surface area contributed by atoms with Gasteiger partial charge < -0.3 is 21.1 Å². The highest BCUT2D eigenvalue weighted by molar-refractivity contribution is 5.87. The van der Waals surface area contributed by atoms with Crippen molar-refractivity contribution in [2.24, 2.45) is 11.3 Å². The summed E-state index contributed by atoms with van der Waals surface area (Å²) in [5.74, 6) is -1.38. The van der Waals surface area contributed by atoms with Crippen LogP contribution in [-0.2, 0) is 14.4 Å². The number of carbonyl (C=O) groups excluding carboxylic acids is 2. The zero-order valence-corrected chi connectivity index (χ0v) is 15.4. The minimum atomic E-state index is -1.03. The van der Waals surface area contributed by atoms with E-state index in [2.05, 4.69) is 16.0 Å². The Balaban J connectivity index is 1.50. The van der Waals surface area contributed by atoms with Crippen LogP contribution in [0.4, 0.5) is 0 Å². The zero-order valence-electron chi connectivity index (χ0n) is 15.4. The molecule has 146 valence electrons. The van der Waals surface area contributed by atoms with Crippen LogP contribution >= 0.6 is 0 Å². The minimum absolute atomic E-state index is 0.00316. The van der Waals surface area contributed by atoms with Crippen molar-refractivity contribution in [1.82, 2.24) is 16.0 Å². The molecule has 3 aliphatic rings. The first kappa shape index (κ1) is 19.1. The monoisotopic (exact) mass is 365 g/mol. The molecule has 2 heterocycles. The number of carbonyl (C=O) groups is 3. The standard InChI is InChI=1S/C19H31N3O4/c23-16-13(5-4-10-20-16)6-7-14(18(25)26)22-17(24)15-11-19(12-21-15)8-2-1-3-9-19/h13-15,21H,1-12H2,(H,20,23)(H,22,24)(H,25,26)/t13-,14-,15?/m0/s1. The van der Waals surface area contributed by atoms with Gasteiger partial charge in [-0.25, -0.2) is 4.79 Å². The minimum Gasteiger partial charge on any atom is -0.480 e. The van der Waals surface area contributed by atoms with E-state index in [9.17, 15) is 19.5 Å². The molecule has 2 aliphatic heterocycles. The van der Waals surface area contributed by atoms with Gasteiger partial charge in [-0.3, -0.25) is 9.59 Å². The molecule has 4 N–H and O–H groups in total. The summed E-state index contributed by atoms with van der Waals surface area (Å²) in [5, 5.41) is 18.3. The second-order valence-electron chi connectivity index (χ2n) is 8.31. The van der Waals surface area contributed by atoms with E-state index in [1.165, 1.54) is 19.3 Å². The van der Waals surface area contributed by atoms with Gasteiger partial charge in [0.2, 0.25) is 11.8 Å². The van der Waals surface area contributed by atoms with Crippen molar-refractivity contribution < 1.29 is 19.5 Å². The number of carboxylic acids is 1. The molecule has 1 saturated carbocycles. The summed E-state index contributed by atoms with van der Waals surface area (Å²) >= 11 is 0. The van der Waals surface area contributed by atoms with Crippen LogP contribution in [0.2, 0.25) is 0 Å². The molecule has 3 atom stereocenters. The van der Waals surface area contributed by atoms with Gasteiger partial charge in [-0.05, 0) is 50.4 Å². The molecule has 1 aliphatic carbocycles. The quantitative estimate of drug-likeness (QED) is 0.565. The summed E-state index contributed by atoms with van der Waals surface area (Å²) in [5.41, 5.74) is 0.221. The van der Waals surface area contributed by atoms with E-state index in [1.807, 2.05) is 0 Å². The second kappa shape index (κ2) is 8.37. The average Bonchev–Trinajstić information content (AvgIpc) is 3.03. The largest absolute Gasteiger partial charge is 0.480 e. The zero-order chi connectivity index (χ0) is 18.6. The molecule has 1 spiro atoms. The predicted octanol–water partition coefficient (Wildman–Crippen LogP) is 1.17. The van der Waals surface area contributed by atoms with Crippen LogP contribution in [0, 0.1) is 11.3 Å². The van der Waals surface area contributed by atoms with Crippen molar-refractivity contribution in [3.05, 3.63) is 0 Å². The summed E-state index contributed by atoms with van der Waals surface area (Å²) in [7, 11) is 0. The number of amides is 2. The maximum atomic E-state index is 12.6. The van der Waals surface area contributed by atoms with E-state index in [4.69, 9.17) is 0 Å². The lowest BCUT2D eigenvalue weighted by molar-refractivity contribution is -0.142. The summed E-state index contributed by atoms with van der Waals surface area (Å²) in [6.07, 6.45) is 9.32. The van der Waals surface area contributed by atoms with E-state index in [-0.39, 0.29) is 35.6 Å². The molecular formula is C19H31N3O4. The molecule has 0 aromatic heterocycles. The molecule has 7 heteroatoms. The van der Waals surface area contributed by atoms with E-state index in [1.54, 1.807) is 0 Å². The molecule has 0 aromatic rings.